The van der Waals surface area contributed by atoms with E-state index >= 15 is 0 Å². The average Bonchev–Trinajstić information content (AvgIpc) is 3.10. The van der Waals surface area contributed by atoms with Crippen molar-refractivity contribution in [3.8, 4) is 5.69 Å². The van der Waals surface area contributed by atoms with Crippen molar-refractivity contribution in [3.05, 3.63) is 72.1 Å². The Kier molecular flexibility index (Phi) is 4.17. The van der Waals surface area contributed by atoms with Crippen molar-refractivity contribution in [2.24, 2.45) is 0 Å². The van der Waals surface area contributed by atoms with Crippen molar-refractivity contribution < 1.29 is 9.63 Å². The van der Waals surface area contributed by atoms with Crippen LogP contribution in [0.3, 0.4) is 0 Å². The fraction of sp³-hybridized carbons (Fsp3) is 0.0667. The smallest absolute Gasteiger partial charge is 0.269 e. The summed E-state index contributed by atoms with van der Waals surface area (Å²) in [6, 6.07) is 16.5. The molecule has 110 valence electrons. The summed E-state index contributed by atoms with van der Waals surface area (Å²) in [4.78, 5) is 17.3. The Hall–Kier alpha value is -3.06. The number of carbonyl (C=O) groups is 1. The van der Waals surface area contributed by atoms with E-state index in [-0.39, 0.29) is 5.91 Å². The summed E-state index contributed by atoms with van der Waals surface area (Å²) < 4.78 is 1.47. The minimum atomic E-state index is -0.328. The van der Waals surface area contributed by atoms with E-state index in [4.69, 9.17) is 4.84 Å². The molecule has 3 aromatic rings. The quantitative estimate of drug-likeness (QED) is 0.722. The lowest BCUT2D eigenvalue weighted by Gasteiger charge is -2.07. The Bertz CT molecular complexity index is 744. The minimum absolute atomic E-state index is 0.305. The molecule has 0 aliphatic rings. The largest absolute Gasteiger partial charge is 0.274 e. The number of nitrogens with zero attached hydrogens (tertiary/aromatic N) is 4. The number of amides is 1. The highest BCUT2D eigenvalue weighted by molar-refractivity contribution is 5.93. The molecule has 0 unspecified atom stereocenters. The molecule has 2 aromatic carbocycles. The van der Waals surface area contributed by atoms with Crippen LogP contribution >= 0.6 is 0 Å². The van der Waals surface area contributed by atoms with Gasteiger partial charge in [-0.1, -0.05) is 36.4 Å². The molecule has 1 N–H and O–H groups in total. The predicted octanol–water partition coefficient (Wildman–Crippen LogP) is 1.52. The number of hydrogen-bond donors (Lipinski definition) is 1. The summed E-state index contributed by atoms with van der Waals surface area (Å²) in [5, 5.41) is 10.9. The van der Waals surface area contributed by atoms with Gasteiger partial charge in [-0.05, 0) is 34.2 Å². The Labute approximate surface area is 126 Å². The maximum absolute atomic E-state index is 12.1. The zero-order valence-corrected chi connectivity index (χ0v) is 11.6. The second kappa shape index (κ2) is 6.59. The van der Waals surface area contributed by atoms with Gasteiger partial charge >= 0.3 is 0 Å². The van der Waals surface area contributed by atoms with Crippen LogP contribution in [-0.4, -0.2) is 26.1 Å². The predicted molar refractivity (Wildman–Crippen MR) is 77.9 cm³/mol. The second-order valence-corrected chi connectivity index (χ2v) is 4.51. The first-order chi connectivity index (χ1) is 10.8. The number of tetrazole rings is 1. The molecule has 7 heteroatoms. The van der Waals surface area contributed by atoms with Crippen molar-refractivity contribution in [2.45, 2.75) is 6.61 Å². The molecule has 7 nitrogen and oxygen atoms in total. The van der Waals surface area contributed by atoms with Crippen LogP contribution < -0.4 is 5.48 Å². The van der Waals surface area contributed by atoms with Gasteiger partial charge in [0.15, 0.2) is 0 Å². The normalized spacial score (nSPS) is 10.4. The highest BCUT2D eigenvalue weighted by Crippen LogP contribution is 2.09. The van der Waals surface area contributed by atoms with Gasteiger partial charge in [-0.25, -0.2) is 10.2 Å². The van der Waals surface area contributed by atoms with Crippen LogP contribution in [0.25, 0.3) is 5.69 Å². The maximum Gasteiger partial charge on any atom is 0.274 e. The molecule has 0 aliphatic heterocycles. The van der Waals surface area contributed by atoms with Gasteiger partial charge in [-0.2, -0.15) is 0 Å². The second-order valence-electron chi connectivity index (χ2n) is 4.51. The Morgan fingerprint density at radius 1 is 1.14 bits per heavy atom. The lowest BCUT2D eigenvalue weighted by molar-refractivity contribution is 0.0233. The van der Waals surface area contributed by atoms with Gasteiger partial charge in [-0.3, -0.25) is 9.63 Å². The van der Waals surface area contributed by atoms with E-state index in [1.807, 2.05) is 30.3 Å². The van der Waals surface area contributed by atoms with Crippen LogP contribution in [0, 0.1) is 0 Å². The molecular weight excluding hydrogens is 282 g/mol. The zero-order valence-electron chi connectivity index (χ0n) is 11.6. The molecule has 3 rings (SSSR count). The van der Waals surface area contributed by atoms with E-state index in [9.17, 15) is 4.79 Å². The molecule has 0 saturated carbocycles. The van der Waals surface area contributed by atoms with E-state index < -0.39 is 0 Å². The summed E-state index contributed by atoms with van der Waals surface area (Å²) in [5.41, 5.74) is 4.55. The molecular formula is C15H13N5O2. The van der Waals surface area contributed by atoms with Gasteiger partial charge in [0.05, 0.1) is 12.3 Å². The SMILES string of the molecule is O=C(NOCc1ccccc1)c1cccc(-n2cnnn2)c1. The summed E-state index contributed by atoms with van der Waals surface area (Å²) in [5.74, 6) is -0.328. The summed E-state index contributed by atoms with van der Waals surface area (Å²) >= 11 is 0. The first kappa shape index (κ1) is 13.9. The Morgan fingerprint density at radius 2 is 2.00 bits per heavy atom. The number of hydroxylamine groups is 1. The van der Waals surface area contributed by atoms with Gasteiger partial charge in [0.2, 0.25) is 0 Å². The maximum atomic E-state index is 12.1. The molecule has 0 fully saturated rings. The number of nitrogens with one attached hydrogen (secondary N) is 1. The molecule has 22 heavy (non-hydrogen) atoms. The first-order valence-corrected chi connectivity index (χ1v) is 6.62. The van der Waals surface area contributed by atoms with E-state index in [1.54, 1.807) is 24.3 Å². The third-order valence-corrected chi connectivity index (χ3v) is 2.97. The average molecular weight is 295 g/mol. The number of benzene rings is 2. The summed E-state index contributed by atoms with van der Waals surface area (Å²) in [7, 11) is 0. The highest BCUT2D eigenvalue weighted by Gasteiger charge is 2.07. The van der Waals surface area contributed by atoms with Gasteiger partial charge in [0, 0.05) is 5.56 Å². The van der Waals surface area contributed by atoms with Crippen LogP contribution in [0.5, 0.6) is 0 Å². The molecule has 1 aromatic heterocycles. The van der Waals surface area contributed by atoms with Gasteiger partial charge in [0.25, 0.3) is 5.91 Å². The molecule has 0 radical (unpaired) electrons. The van der Waals surface area contributed by atoms with Crippen molar-refractivity contribution in [1.82, 2.24) is 25.7 Å². The fourth-order valence-corrected chi connectivity index (χ4v) is 1.89. The van der Waals surface area contributed by atoms with Crippen molar-refractivity contribution in [1.29, 1.82) is 0 Å². The number of hydrogen-bond acceptors (Lipinski definition) is 5. The number of aromatic nitrogens is 4. The van der Waals surface area contributed by atoms with Gasteiger partial charge in [0.1, 0.15) is 6.33 Å². The fourth-order valence-electron chi connectivity index (χ4n) is 1.89. The molecule has 1 amide bonds. The number of rotatable bonds is 5. The lowest BCUT2D eigenvalue weighted by atomic mass is 10.2. The first-order valence-electron chi connectivity index (χ1n) is 6.62. The molecule has 0 saturated heterocycles. The van der Waals surface area contributed by atoms with Crippen LogP contribution in [-0.2, 0) is 11.4 Å². The molecule has 1 heterocycles. The zero-order chi connectivity index (χ0) is 15.2. The summed E-state index contributed by atoms with van der Waals surface area (Å²) in [6.07, 6.45) is 1.46. The van der Waals surface area contributed by atoms with E-state index in [2.05, 4.69) is 21.0 Å². The molecule has 0 atom stereocenters. The Morgan fingerprint density at radius 3 is 2.77 bits per heavy atom. The van der Waals surface area contributed by atoms with Crippen LogP contribution in [0.2, 0.25) is 0 Å². The van der Waals surface area contributed by atoms with Crippen molar-refractivity contribution >= 4 is 5.91 Å². The van der Waals surface area contributed by atoms with E-state index in [0.717, 1.165) is 5.56 Å². The van der Waals surface area contributed by atoms with Crippen molar-refractivity contribution in [3.63, 3.8) is 0 Å². The van der Waals surface area contributed by atoms with Crippen LogP contribution in [0.1, 0.15) is 15.9 Å². The Balaban J connectivity index is 1.62. The van der Waals surface area contributed by atoms with E-state index in [0.29, 0.717) is 17.9 Å². The lowest BCUT2D eigenvalue weighted by Crippen LogP contribution is -2.23. The third kappa shape index (κ3) is 3.33. The highest BCUT2D eigenvalue weighted by atomic mass is 16.6. The van der Waals surface area contributed by atoms with Gasteiger partial charge < -0.3 is 0 Å². The molecule has 0 bridgehead atoms. The molecule has 0 aliphatic carbocycles. The standard InChI is InChI=1S/C15H13N5O2/c21-15(17-22-10-12-5-2-1-3-6-12)13-7-4-8-14(9-13)20-11-16-18-19-20/h1-9,11H,10H2,(H,17,21). The van der Waals surface area contributed by atoms with E-state index in [1.165, 1.54) is 11.0 Å². The van der Waals surface area contributed by atoms with Crippen LogP contribution in [0.15, 0.2) is 60.9 Å². The van der Waals surface area contributed by atoms with Gasteiger partial charge in [-0.15, -0.1) is 5.10 Å². The summed E-state index contributed by atoms with van der Waals surface area (Å²) in [6.45, 7) is 0.305. The minimum Gasteiger partial charge on any atom is -0.269 e. The van der Waals surface area contributed by atoms with Crippen LogP contribution in [0.4, 0.5) is 0 Å². The topological polar surface area (TPSA) is 81.9 Å². The molecule has 0 spiro atoms. The monoisotopic (exact) mass is 295 g/mol. The van der Waals surface area contributed by atoms with Crippen molar-refractivity contribution in [2.75, 3.05) is 0 Å². The number of carbonyl (C=O) groups excluding carboxylic acids is 1. The third-order valence-electron chi connectivity index (χ3n) is 2.97.